The highest BCUT2D eigenvalue weighted by Gasteiger charge is 2.34. The summed E-state index contributed by atoms with van der Waals surface area (Å²) in [6.07, 6.45) is 1.89. The second-order valence-electron chi connectivity index (χ2n) is 5.58. The summed E-state index contributed by atoms with van der Waals surface area (Å²) in [5.41, 5.74) is 3.04. The Morgan fingerprint density at radius 1 is 1.36 bits per heavy atom. The molecule has 1 aliphatic heterocycles. The maximum atomic E-state index is 12.8. The van der Waals surface area contributed by atoms with Crippen molar-refractivity contribution in [2.24, 2.45) is 0 Å². The molecule has 5 nitrogen and oxygen atoms in total. The van der Waals surface area contributed by atoms with Gasteiger partial charge in [0.15, 0.2) is 0 Å². The number of aryl methyl sites for hydroxylation is 2. The lowest BCUT2D eigenvalue weighted by atomic mass is 10.0. The zero-order valence-electron chi connectivity index (χ0n) is 12.7. The van der Waals surface area contributed by atoms with Crippen molar-refractivity contribution in [2.45, 2.75) is 32.7 Å². The fraction of sp³-hybridized carbons (Fsp3) is 0.353. The van der Waals surface area contributed by atoms with Gasteiger partial charge in [-0.05, 0) is 51.0 Å². The molecule has 0 bridgehead atoms. The molecule has 5 heteroatoms. The van der Waals surface area contributed by atoms with Gasteiger partial charge in [-0.15, -0.1) is 0 Å². The van der Waals surface area contributed by atoms with E-state index in [1.807, 2.05) is 18.7 Å². The first-order valence-electron chi connectivity index (χ1n) is 7.35. The second-order valence-corrected chi connectivity index (χ2v) is 5.58. The predicted molar refractivity (Wildman–Crippen MR) is 80.1 cm³/mol. The van der Waals surface area contributed by atoms with Crippen LogP contribution in [0.1, 0.15) is 51.8 Å². The van der Waals surface area contributed by atoms with Crippen LogP contribution in [0.25, 0.3) is 0 Å². The van der Waals surface area contributed by atoms with Crippen LogP contribution in [0.4, 0.5) is 0 Å². The molecule has 1 saturated heterocycles. The summed E-state index contributed by atoms with van der Waals surface area (Å²) in [6, 6.07) is 8.86. The van der Waals surface area contributed by atoms with E-state index in [-0.39, 0.29) is 11.9 Å². The summed E-state index contributed by atoms with van der Waals surface area (Å²) < 4.78 is 5.25. The van der Waals surface area contributed by atoms with Crippen molar-refractivity contribution in [1.29, 1.82) is 5.26 Å². The van der Waals surface area contributed by atoms with E-state index < -0.39 is 0 Å². The van der Waals surface area contributed by atoms with E-state index in [1.54, 1.807) is 24.3 Å². The molecule has 1 fully saturated rings. The summed E-state index contributed by atoms with van der Waals surface area (Å²) in [5, 5.41) is 12.8. The molecule has 3 rings (SSSR count). The van der Waals surface area contributed by atoms with Crippen molar-refractivity contribution in [3.8, 4) is 6.07 Å². The Bertz CT molecular complexity index is 721. The number of carbonyl (C=O) groups excluding carboxylic acids is 1. The molecule has 1 aliphatic rings. The van der Waals surface area contributed by atoms with Crippen LogP contribution in [0.5, 0.6) is 0 Å². The van der Waals surface area contributed by atoms with Crippen LogP contribution in [-0.4, -0.2) is 22.5 Å². The standard InChI is InChI=1S/C17H17N3O2/c1-11-16(12(2)22-19-11)15-4-3-9-20(15)17(21)14-7-5-13(10-18)6-8-14/h5-8,15H,3-4,9H2,1-2H3. The van der Waals surface area contributed by atoms with Gasteiger partial charge in [0.05, 0.1) is 23.4 Å². The van der Waals surface area contributed by atoms with E-state index in [4.69, 9.17) is 9.78 Å². The number of nitriles is 1. The molecule has 1 atom stereocenters. The van der Waals surface area contributed by atoms with Crippen molar-refractivity contribution in [2.75, 3.05) is 6.54 Å². The zero-order chi connectivity index (χ0) is 15.7. The highest BCUT2D eigenvalue weighted by Crippen LogP contribution is 2.36. The van der Waals surface area contributed by atoms with Gasteiger partial charge in [0.2, 0.25) is 0 Å². The van der Waals surface area contributed by atoms with E-state index in [0.29, 0.717) is 11.1 Å². The summed E-state index contributed by atoms with van der Waals surface area (Å²) in [4.78, 5) is 14.6. The minimum Gasteiger partial charge on any atom is -0.361 e. The molecule has 22 heavy (non-hydrogen) atoms. The molecule has 1 amide bonds. The Morgan fingerprint density at radius 2 is 2.09 bits per heavy atom. The number of nitrogens with zero attached hydrogens (tertiary/aromatic N) is 3. The van der Waals surface area contributed by atoms with E-state index in [2.05, 4.69) is 11.2 Å². The Kier molecular flexibility index (Phi) is 3.68. The van der Waals surface area contributed by atoms with Gasteiger partial charge in [-0.25, -0.2) is 0 Å². The molecule has 0 N–H and O–H groups in total. The number of likely N-dealkylation sites (tertiary alicyclic amines) is 1. The normalized spacial score (nSPS) is 17.5. The average molecular weight is 295 g/mol. The molecule has 0 spiro atoms. The van der Waals surface area contributed by atoms with Gasteiger partial charge in [0.1, 0.15) is 5.76 Å². The number of hydrogen-bond donors (Lipinski definition) is 0. The first kappa shape index (κ1) is 14.3. The van der Waals surface area contributed by atoms with E-state index in [0.717, 1.165) is 36.4 Å². The molecular weight excluding hydrogens is 278 g/mol. The number of amides is 1. The lowest BCUT2D eigenvalue weighted by molar-refractivity contribution is 0.0734. The molecule has 112 valence electrons. The fourth-order valence-corrected chi connectivity index (χ4v) is 3.13. The molecule has 1 aromatic carbocycles. The Morgan fingerprint density at radius 3 is 2.68 bits per heavy atom. The summed E-state index contributed by atoms with van der Waals surface area (Å²) in [6.45, 7) is 4.53. The van der Waals surface area contributed by atoms with Gasteiger partial charge in [0.25, 0.3) is 5.91 Å². The largest absolute Gasteiger partial charge is 0.361 e. The van der Waals surface area contributed by atoms with Crippen LogP contribution in [0, 0.1) is 25.2 Å². The lowest BCUT2D eigenvalue weighted by Gasteiger charge is -2.25. The van der Waals surface area contributed by atoms with E-state index in [1.165, 1.54) is 0 Å². The fourth-order valence-electron chi connectivity index (χ4n) is 3.13. The molecule has 2 heterocycles. The third-order valence-corrected chi connectivity index (χ3v) is 4.20. The molecule has 1 unspecified atom stereocenters. The van der Waals surface area contributed by atoms with Crippen LogP contribution >= 0.6 is 0 Å². The molecular formula is C17H17N3O2. The summed E-state index contributed by atoms with van der Waals surface area (Å²) >= 11 is 0. The Labute approximate surface area is 129 Å². The molecule has 0 radical (unpaired) electrons. The molecule has 0 saturated carbocycles. The van der Waals surface area contributed by atoms with Crippen molar-refractivity contribution in [1.82, 2.24) is 10.1 Å². The monoisotopic (exact) mass is 295 g/mol. The van der Waals surface area contributed by atoms with Gasteiger partial charge in [0, 0.05) is 17.7 Å². The van der Waals surface area contributed by atoms with Crippen LogP contribution in [0.3, 0.4) is 0 Å². The van der Waals surface area contributed by atoms with Gasteiger partial charge < -0.3 is 9.42 Å². The molecule has 0 aliphatic carbocycles. The maximum Gasteiger partial charge on any atom is 0.254 e. The SMILES string of the molecule is Cc1noc(C)c1C1CCCN1C(=O)c1ccc(C#N)cc1. The van der Waals surface area contributed by atoms with E-state index >= 15 is 0 Å². The number of carbonyl (C=O) groups is 1. The highest BCUT2D eigenvalue weighted by molar-refractivity contribution is 5.94. The quantitative estimate of drug-likeness (QED) is 0.853. The third-order valence-electron chi connectivity index (χ3n) is 4.20. The number of benzene rings is 1. The average Bonchev–Trinajstić information content (AvgIpc) is 3.13. The molecule has 2 aromatic rings. The van der Waals surface area contributed by atoms with Crippen molar-refractivity contribution in [3.05, 3.63) is 52.4 Å². The summed E-state index contributed by atoms with van der Waals surface area (Å²) in [7, 11) is 0. The lowest BCUT2D eigenvalue weighted by Crippen LogP contribution is -2.31. The van der Waals surface area contributed by atoms with Gasteiger partial charge in [-0.2, -0.15) is 5.26 Å². The van der Waals surface area contributed by atoms with Crippen molar-refractivity contribution in [3.63, 3.8) is 0 Å². The third kappa shape index (κ3) is 2.37. The van der Waals surface area contributed by atoms with Crippen LogP contribution < -0.4 is 0 Å². The van der Waals surface area contributed by atoms with Crippen molar-refractivity contribution < 1.29 is 9.32 Å². The van der Waals surface area contributed by atoms with Crippen LogP contribution in [-0.2, 0) is 0 Å². The number of aromatic nitrogens is 1. The summed E-state index contributed by atoms with van der Waals surface area (Å²) in [5.74, 6) is 0.772. The zero-order valence-corrected chi connectivity index (χ0v) is 12.7. The van der Waals surface area contributed by atoms with Gasteiger partial charge >= 0.3 is 0 Å². The van der Waals surface area contributed by atoms with Gasteiger partial charge in [-0.3, -0.25) is 4.79 Å². The second kappa shape index (κ2) is 5.64. The van der Waals surface area contributed by atoms with Gasteiger partial charge in [-0.1, -0.05) is 5.16 Å². The first-order chi connectivity index (χ1) is 10.6. The topological polar surface area (TPSA) is 70.1 Å². The maximum absolute atomic E-state index is 12.8. The molecule has 1 aromatic heterocycles. The highest BCUT2D eigenvalue weighted by atomic mass is 16.5. The van der Waals surface area contributed by atoms with Crippen molar-refractivity contribution >= 4 is 5.91 Å². The number of rotatable bonds is 2. The Balaban J connectivity index is 1.89. The smallest absolute Gasteiger partial charge is 0.254 e. The minimum absolute atomic E-state index is 0.00742. The predicted octanol–water partition coefficient (Wildman–Crippen LogP) is 3.14. The minimum atomic E-state index is -0.00742. The number of hydrogen-bond acceptors (Lipinski definition) is 4. The van der Waals surface area contributed by atoms with E-state index in [9.17, 15) is 4.79 Å². The first-order valence-corrected chi connectivity index (χ1v) is 7.35. The van der Waals surface area contributed by atoms with Crippen LogP contribution in [0.2, 0.25) is 0 Å². The Hall–Kier alpha value is -2.61. The van der Waals surface area contributed by atoms with Crippen LogP contribution in [0.15, 0.2) is 28.8 Å².